The molecule has 1 heteroatoms. The van der Waals surface area contributed by atoms with Crippen molar-refractivity contribution in [2.24, 2.45) is 0 Å². The van der Waals surface area contributed by atoms with Crippen LogP contribution >= 0.6 is 0 Å². The van der Waals surface area contributed by atoms with E-state index >= 15 is 0 Å². The van der Waals surface area contributed by atoms with Gasteiger partial charge in [-0.15, -0.1) is 0 Å². The largest absolute Gasteiger partial charge is 0.295 e. The van der Waals surface area contributed by atoms with Crippen molar-refractivity contribution in [3.05, 3.63) is 83.9 Å². The predicted octanol–water partition coefficient (Wildman–Crippen LogP) is 6.61. The molecule has 0 amide bonds. The second kappa shape index (κ2) is 12.5. The van der Waals surface area contributed by atoms with Crippen LogP contribution in [0, 0.1) is 0 Å². The van der Waals surface area contributed by atoms with Crippen LogP contribution in [0.5, 0.6) is 0 Å². The molecule has 0 radical (unpaired) electrons. The topological polar surface area (TPSA) is 3.24 Å². The van der Waals surface area contributed by atoms with Crippen LogP contribution in [-0.2, 0) is 13.1 Å². The molecule has 0 atom stereocenters. The smallest absolute Gasteiger partial charge is 0.0237 e. The maximum Gasteiger partial charge on any atom is 0.0237 e. The fourth-order valence-electron chi connectivity index (χ4n) is 3.07. The van der Waals surface area contributed by atoms with E-state index in [1.54, 1.807) is 0 Å². The summed E-state index contributed by atoms with van der Waals surface area (Å²) in [4.78, 5) is 2.58. The SMILES string of the molecule is CCC/C=C/CCCCCN(Cc1ccccc1)Cc1ccccc1. The molecule has 0 fully saturated rings. The standard InChI is InChI=1S/C24H33N/c1-2-3-4-5-6-7-8-15-20-25(21-23-16-11-9-12-17-23)22-24-18-13-10-14-19-24/h4-5,9-14,16-19H,2-3,6-8,15,20-22H2,1H3/b5-4+. The minimum Gasteiger partial charge on any atom is -0.295 e. The lowest BCUT2D eigenvalue weighted by Crippen LogP contribution is -2.24. The van der Waals surface area contributed by atoms with E-state index < -0.39 is 0 Å². The van der Waals surface area contributed by atoms with Crippen molar-refractivity contribution in [2.75, 3.05) is 6.54 Å². The number of hydrogen-bond acceptors (Lipinski definition) is 1. The first-order chi connectivity index (χ1) is 12.4. The van der Waals surface area contributed by atoms with Gasteiger partial charge in [-0.2, -0.15) is 0 Å². The van der Waals surface area contributed by atoms with E-state index in [-0.39, 0.29) is 0 Å². The predicted molar refractivity (Wildman–Crippen MR) is 110 cm³/mol. The van der Waals surface area contributed by atoms with Crippen LogP contribution in [0.15, 0.2) is 72.8 Å². The van der Waals surface area contributed by atoms with Crippen molar-refractivity contribution in [2.45, 2.75) is 58.5 Å². The number of unbranched alkanes of at least 4 members (excludes halogenated alkanes) is 4. The molecular formula is C24H33N. The molecule has 0 N–H and O–H groups in total. The van der Waals surface area contributed by atoms with Crippen LogP contribution in [-0.4, -0.2) is 11.4 Å². The van der Waals surface area contributed by atoms with E-state index in [1.807, 2.05) is 0 Å². The quantitative estimate of drug-likeness (QED) is 0.312. The molecule has 0 saturated heterocycles. The molecule has 2 aromatic carbocycles. The molecule has 2 aromatic rings. The van der Waals surface area contributed by atoms with Crippen LogP contribution in [0.4, 0.5) is 0 Å². The highest BCUT2D eigenvalue weighted by atomic mass is 15.1. The fourth-order valence-corrected chi connectivity index (χ4v) is 3.07. The molecule has 0 aliphatic rings. The van der Waals surface area contributed by atoms with E-state index in [9.17, 15) is 0 Å². The zero-order valence-electron chi connectivity index (χ0n) is 15.7. The second-order valence-corrected chi connectivity index (χ2v) is 6.79. The van der Waals surface area contributed by atoms with Gasteiger partial charge in [0.2, 0.25) is 0 Å². The summed E-state index contributed by atoms with van der Waals surface area (Å²) < 4.78 is 0. The van der Waals surface area contributed by atoms with Crippen LogP contribution in [0.1, 0.15) is 56.6 Å². The summed E-state index contributed by atoms with van der Waals surface area (Å²) in [7, 11) is 0. The average molecular weight is 336 g/mol. The highest BCUT2D eigenvalue weighted by molar-refractivity contribution is 5.17. The lowest BCUT2D eigenvalue weighted by atomic mass is 10.1. The summed E-state index contributed by atoms with van der Waals surface area (Å²) in [6, 6.07) is 21.7. The van der Waals surface area contributed by atoms with Crippen molar-refractivity contribution in [1.29, 1.82) is 0 Å². The van der Waals surface area contributed by atoms with E-state index in [4.69, 9.17) is 0 Å². The minimum atomic E-state index is 1.03. The van der Waals surface area contributed by atoms with Crippen LogP contribution in [0.3, 0.4) is 0 Å². The van der Waals surface area contributed by atoms with E-state index in [0.29, 0.717) is 0 Å². The van der Waals surface area contributed by atoms with Crippen LogP contribution in [0.25, 0.3) is 0 Å². The molecule has 0 aliphatic heterocycles. The van der Waals surface area contributed by atoms with Crippen LogP contribution in [0.2, 0.25) is 0 Å². The Kier molecular flexibility index (Phi) is 9.73. The van der Waals surface area contributed by atoms with Gasteiger partial charge in [-0.05, 0) is 43.4 Å². The Labute approximate surface area is 154 Å². The van der Waals surface area contributed by atoms with Gasteiger partial charge in [0.25, 0.3) is 0 Å². The third-order valence-corrected chi connectivity index (χ3v) is 4.47. The number of hydrogen-bond donors (Lipinski definition) is 0. The number of rotatable bonds is 12. The average Bonchev–Trinajstić information content (AvgIpc) is 2.65. The van der Waals surface area contributed by atoms with Gasteiger partial charge in [-0.1, -0.05) is 92.6 Å². The minimum absolute atomic E-state index is 1.03. The number of allylic oxidation sites excluding steroid dienone is 2. The maximum atomic E-state index is 2.58. The molecule has 0 heterocycles. The summed E-state index contributed by atoms with van der Waals surface area (Å²) >= 11 is 0. The Bertz CT molecular complexity index is 532. The van der Waals surface area contributed by atoms with E-state index in [2.05, 4.69) is 84.6 Å². The summed E-state index contributed by atoms with van der Waals surface area (Å²) in [6.45, 7) is 5.47. The first-order valence-electron chi connectivity index (χ1n) is 9.83. The van der Waals surface area contributed by atoms with Gasteiger partial charge in [-0.3, -0.25) is 4.90 Å². The van der Waals surface area contributed by atoms with Gasteiger partial charge >= 0.3 is 0 Å². The Morgan fingerprint density at radius 2 is 1.24 bits per heavy atom. The van der Waals surface area contributed by atoms with Crippen molar-refractivity contribution >= 4 is 0 Å². The molecule has 134 valence electrons. The Morgan fingerprint density at radius 1 is 0.680 bits per heavy atom. The Morgan fingerprint density at radius 3 is 1.80 bits per heavy atom. The fraction of sp³-hybridized carbons (Fsp3) is 0.417. The van der Waals surface area contributed by atoms with Crippen molar-refractivity contribution in [1.82, 2.24) is 4.90 Å². The molecule has 25 heavy (non-hydrogen) atoms. The van der Waals surface area contributed by atoms with Gasteiger partial charge in [0.15, 0.2) is 0 Å². The van der Waals surface area contributed by atoms with E-state index in [1.165, 1.54) is 56.2 Å². The van der Waals surface area contributed by atoms with Gasteiger partial charge < -0.3 is 0 Å². The maximum absolute atomic E-state index is 2.58. The highest BCUT2D eigenvalue weighted by Crippen LogP contribution is 2.12. The van der Waals surface area contributed by atoms with Crippen LogP contribution < -0.4 is 0 Å². The zero-order chi connectivity index (χ0) is 17.6. The molecular weight excluding hydrogens is 302 g/mol. The lowest BCUT2D eigenvalue weighted by Gasteiger charge is -2.22. The molecule has 0 spiro atoms. The summed E-state index contributed by atoms with van der Waals surface area (Å²) in [5.41, 5.74) is 2.81. The third-order valence-electron chi connectivity index (χ3n) is 4.47. The highest BCUT2D eigenvalue weighted by Gasteiger charge is 2.07. The molecule has 0 aromatic heterocycles. The molecule has 1 nitrogen and oxygen atoms in total. The molecule has 0 saturated carbocycles. The zero-order valence-corrected chi connectivity index (χ0v) is 15.7. The monoisotopic (exact) mass is 335 g/mol. The van der Waals surface area contributed by atoms with Gasteiger partial charge in [0, 0.05) is 13.1 Å². The number of nitrogens with zero attached hydrogens (tertiary/aromatic N) is 1. The van der Waals surface area contributed by atoms with Crippen molar-refractivity contribution < 1.29 is 0 Å². The first-order valence-corrected chi connectivity index (χ1v) is 9.83. The summed E-state index contributed by atoms with van der Waals surface area (Å²) in [5, 5.41) is 0. The van der Waals surface area contributed by atoms with E-state index in [0.717, 1.165) is 13.1 Å². The Balaban J connectivity index is 1.78. The summed E-state index contributed by atoms with van der Waals surface area (Å²) in [6.07, 6.45) is 12.3. The van der Waals surface area contributed by atoms with Gasteiger partial charge in [-0.25, -0.2) is 0 Å². The molecule has 0 unspecified atom stereocenters. The van der Waals surface area contributed by atoms with Gasteiger partial charge in [0.05, 0.1) is 0 Å². The summed E-state index contributed by atoms with van der Waals surface area (Å²) in [5.74, 6) is 0. The lowest BCUT2D eigenvalue weighted by molar-refractivity contribution is 0.250. The molecule has 0 bridgehead atoms. The number of benzene rings is 2. The first kappa shape index (κ1) is 19.5. The Hall–Kier alpha value is -1.86. The molecule has 2 rings (SSSR count). The second-order valence-electron chi connectivity index (χ2n) is 6.79. The third kappa shape index (κ3) is 8.69. The van der Waals surface area contributed by atoms with Crippen molar-refractivity contribution in [3.8, 4) is 0 Å². The molecule has 0 aliphatic carbocycles. The normalized spacial score (nSPS) is 11.4. The van der Waals surface area contributed by atoms with Gasteiger partial charge in [0.1, 0.15) is 0 Å². The van der Waals surface area contributed by atoms with Crippen molar-refractivity contribution in [3.63, 3.8) is 0 Å².